The summed E-state index contributed by atoms with van der Waals surface area (Å²) in [6, 6.07) is 7.28. The van der Waals surface area contributed by atoms with Crippen LogP contribution in [-0.4, -0.2) is 30.4 Å². The first-order valence-electron chi connectivity index (χ1n) is 5.79. The lowest BCUT2D eigenvalue weighted by molar-refractivity contribution is -0.131. The average Bonchev–Trinajstić information content (AvgIpc) is 2.35. The first-order valence-corrected chi connectivity index (χ1v) is 6.17. The van der Waals surface area contributed by atoms with E-state index in [1.165, 1.54) is 5.56 Å². The summed E-state index contributed by atoms with van der Waals surface area (Å²) in [5.74, 6) is 0.00136. The second kappa shape index (κ2) is 6.62. The first-order chi connectivity index (χ1) is 8.04. The predicted octanol–water partition coefficient (Wildman–Crippen LogP) is 2.08. The third-order valence-electron chi connectivity index (χ3n) is 2.78. The third kappa shape index (κ3) is 4.36. The number of halogens is 1. The molecule has 0 saturated heterocycles. The Kier molecular flexibility index (Phi) is 5.45. The molecule has 0 bridgehead atoms. The fourth-order valence-electron chi connectivity index (χ4n) is 1.52. The number of benzene rings is 1. The summed E-state index contributed by atoms with van der Waals surface area (Å²) in [6.45, 7) is 2.59. The zero-order valence-corrected chi connectivity index (χ0v) is 11.1. The standard InChI is InChI=1S/C13H19ClN2O/c1-3-12(15)13(17)16(2)9-8-10-4-6-11(14)7-5-10/h4-7,12H,3,8-9,15H2,1-2H3/t12-/m0/s1. The molecule has 4 heteroatoms. The topological polar surface area (TPSA) is 46.3 Å². The number of hydrogen-bond donors (Lipinski definition) is 1. The molecule has 94 valence electrons. The highest BCUT2D eigenvalue weighted by Crippen LogP contribution is 2.10. The molecule has 1 rings (SSSR count). The molecule has 1 atom stereocenters. The Bertz CT molecular complexity index is 364. The summed E-state index contributed by atoms with van der Waals surface area (Å²) in [5.41, 5.74) is 6.86. The average molecular weight is 255 g/mol. The third-order valence-corrected chi connectivity index (χ3v) is 3.03. The van der Waals surface area contributed by atoms with Crippen LogP contribution >= 0.6 is 11.6 Å². The molecule has 0 aromatic heterocycles. The summed E-state index contributed by atoms with van der Waals surface area (Å²) in [7, 11) is 1.79. The maximum Gasteiger partial charge on any atom is 0.239 e. The van der Waals surface area contributed by atoms with E-state index in [2.05, 4.69) is 0 Å². The van der Waals surface area contributed by atoms with Crippen LogP contribution in [-0.2, 0) is 11.2 Å². The van der Waals surface area contributed by atoms with Gasteiger partial charge in [0.05, 0.1) is 6.04 Å². The minimum atomic E-state index is -0.384. The molecule has 0 aliphatic heterocycles. The summed E-state index contributed by atoms with van der Waals surface area (Å²) < 4.78 is 0. The van der Waals surface area contributed by atoms with Gasteiger partial charge in [0, 0.05) is 18.6 Å². The van der Waals surface area contributed by atoms with Crippen molar-refractivity contribution in [2.75, 3.05) is 13.6 Å². The fraction of sp³-hybridized carbons (Fsp3) is 0.462. The van der Waals surface area contributed by atoms with Crippen LogP contribution in [0, 0.1) is 0 Å². The van der Waals surface area contributed by atoms with E-state index in [-0.39, 0.29) is 11.9 Å². The van der Waals surface area contributed by atoms with Gasteiger partial charge in [-0.15, -0.1) is 0 Å². The summed E-state index contributed by atoms with van der Waals surface area (Å²) in [5, 5.41) is 0.728. The van der Waals surface area contributed by atoms with Crippen molar-refractivity contribution < 1.29 is 4.79 Å². The van der Waals surface area contributed by atoms with Crippen LogP contribution in [0.3, 0.4) is 0 Å². The summed E-state index contributed by atoms with van der Waals surface area (Å²) >= 11 is 5.80. The maximum atomic E-state index is 11.7. The second-order valence-corrected chi connectivity index (χ2v) is 4.59. The number of likely N-dealkylation sites (N-methyl/N-ethyl adjacent to an activating group) is 1. The van der Waals surface area contributed by atoms with Crippen molar-refractivity contribution in [2.24, 2.45) is 5.73 Å². The Morgan fingerprint density at radius 3 is 2.53 bits per heavy atom. The number of carbonyl (C=O) groups excluding carboxylic acids is 1. The molecule has 0 radical (unpaired) electrons. The van der Waals surface area contributed by atoms with Crippen LogP contribution in [0.15, 0.2) is 24.3 Å². The monoisotopic (exact) mass is 254 g/mol. The first kappa shape index (κ1) is 14.0. The van der Waals surface area contributed by atoms with Crippen LogP contribution in [0.4, 0.5) is 0 Å². The van der Waals surface area contributed by atoms with E-state index in [4.69, 9.17) is 17.3 Å². The number of carbonyl (C=O) groups is 1. The molecule has 0 heterocycles. The minimum Gasteiger partial charge on any atom is -0.344 e. The van der Waals surface area contributed by atoms with Crippen LogP contribution < -0.4 is 5.73 Å². The number of nitrogens with zero attached hydrogens (tertiary/aromatic N) is 1. The highest BCUT2D eigenvalue weighted by atomic mass is 35.5. The van der Waals surface area contributed by atoms with Crippen molar-refractivity contribution in [1.82, 2.24) is 4.90 Å². The van der Waals surface area contributed by atoms with Gasteiger partial charge in [0.25, 0.3) is 0 Å². The molecule has 0 saturated carbocycles. The van der Waals surface area contributed by atoms with Gasteiger partial charge in [-0.3, -0.25) is 4.79 Å². The Balaban J connectivity index is 2.45. The van der Waals surface area contributed by atoms with E-state index in [1.54, 1.807) is 11.9 Å². The highest BCUT2D eigenvalue weighted by molar-refractivity contribution is 6.30. The van der Waals surface area contributed by atoms with E-state index < -0.39 is 0 Å². The molecule has 3 nitrogen and oxygen atoms in total. The zero-order chi connectivity index (χ0) is 12.8. The molecule has 0 unspecified atom stereocenters. The van der Waals surface area contributed by atoms with Crippen molar-refractivity contribution in [3.8, 4) is 0 Å². The molecule has 0 spiro atoms. The fourth-order valence-corrected chi connectivity index (χ4v) is 1.64. The molecule has 1 amide bonds. The van der Waals surface area contributed by atoms with Crippen molar-refractivity contribution in [3.63, 3.8) is 0 Å². The van der Waals surface area contributed by atoms with E-state index in [0.717, 1.165) is 11.4 Å². The van der Waals surface area contributed by atoms with Gasteiger partial charge < -0.3 is 10.6 Å². The smallest absolute Gasteiger partial charge is 0.239 e. The molecule has 1 aromatic carbocycles. The molecule has 1 aromatic rings. The lowest BCUT2D eigenvalue weighted by Crippen LogP contribution is -2.42. The Morgan fingerprint density at radius 1 is 1.41 bits per heavy atom. The van der Waals surface area contributed by atoms with Gasteiger partial charge in [-0.2, -0.15) is 0 Å². The lowest BCUT2D eigenvalue weighted by Gasteiger charge is -2.20. The van der Waals surface area contributed by atoms with Gasteiger partial charge in [0.1, 0.15) is 0 Å². The molecular formula is C13H19ClN2O. The number of hydrogen-bond acceptors (Lipinski definition) is 2. The van der Waals surface area contributed by atoms with Crippen LogP contribution in [0.5, 0.6) is 0 Å². The van der Waals surface area contributed by atoms with E-state index >= 15 is 0 Å². The van der Waals surface area contributed by atoms with E-state index in [0.29, 0.717) is 13.0 Å². The van der Waals surface area contributed by atoms with Crippen LogP contribution in [0.2, 0.25) is 5.02 Å². The van der Waals surface area contributed by atoms with E-state index in [9.17, 15) is 4.79 Å². The van der Waals surface area contributed by atoms with Gasteiger partial charge >= 0.3 is 0 Å². The maximum absolute atomic E-state index is 11.7. The van der Waals surface area contributed by atoms with Gasteiger partial charge in [0.15, 0.2) is 0 Å². The van der Waals surface area contributed by atoms with Gasteiger partial charge in [0.2, 0.25) is 5.91 Å². The van der Waals surface area contributed by atoms with Crippen molar-refractivity contribution in [2.45, 2.75) is 25.8 Å². The number of rotatable bonds is 5. The molecule has 0 fully saturated rings. The predicted molar refractivity (Wildman–Crippen MR) is 71.1 cm³/mol. The van der Waals surface area contributed by atoms with Crippen molar-refractivity contribution >= 4 is 17.5 Å². The lowest BCUT2D eigenvalue weighted by atomic mass is 10.1. The molecule has 0 aliphatic carbocycles. The second-order valence-electron chi connectivity index (χ2n) is 4.15. The summed E-state index contributed by atoms with van der Waals surface area (Å²) in [4.78, 5) is 13.4. The van der Waals surface area contributed by atoms with Gasteiger partial charge in [-0.25, -0.2) is 0 Å². The Morgan fingerprint density at radius 2 is 2.00 bits per heavy atom. The van der Waals surface area contributed by atoms with Crippen molar-refractivity contribution in [1.29, 1.82) is 0 Å². The summed E-state index contributed by atoms with van der Waals surface area (Å²) in [6.07, 6.45) is 1.49. The Labute approximate surface area is 108 Å². The molecular weight excluding hydrogens is 236 g/mol. The number of nitrogens with two attached hydrogens (primary N) is 1. The van der Waals surface area contributed by atoms with E-state index in [1.807, 2.05) is 31.2 Å². The van der Waals surface area contributed by atoms with Crippen molar-refractivity contribution in [3.05, 3.63) is 34.9 Å². The van der Waals surface area contributed by atoms with Crippen LogP contribution in [0.25, 0.3) is 0 Å². The molecule has 17 heavy (non-hydrogen) atoms. The van der Waals surface area contributed by atoms with Gasteiger partial charge in [-0.05, 0) is 30.5 Å². The minimum absolute atomic E-state index is 0.00136. The zero-order valence-electron chi connectivity index (χ0n) is 10.3. The SMILES string of the molecule is CC[C@H](N)C(=O)N(C)CCc1ccc(Cl)cc1. The van der Waals surface area contributed by atoms with Gasteiger partial charge in [-0.1, -0.05) is 30.7 Å². The highest BCUT2D eigenvalue weighted by Gasteiger charge is 2.15. The number of amides is 1. The quantitative estimate of drug-likeness (QED) is 0.875. The van der Waals surface area contributed by atoms with Crippen LogP contribution in [0.1, 0.15) is 18.9 Å². The normalized spacial score (nSPS) is 12.2. The molecule has 2 N–H and O–H groups in total. The largest absolute Gasteiger partial charge is 0.344 e. The molecule has 0 aliphatic rings. The Hall–Kier alpha value is -1.06.